The normalized spacial score (nSPS) is 21.9. The molecule has 2 aromatic heterocycles. The number of rotatable bonds is 2. The predicted molar refractivity (Wildman–Crippen MR) is 84.3 cm³/mol. The maximum absolute atomic E-state index is 10.5. The summed E-state index contributed by atoms with van der Waals surface area (Å²) in [4.78, 5) is 4.24. The van der Waals surface area contributed by atoms with Crippen LogP contribution in [0.25, 0.3) is 0 Å². The Labute approximate surface area is 126 Å². The third-order valence-electron chi connectivity index (χ3n) is 4.67. The van der Waals surface area contributed by atoms with Gasteiger partial charge in [0, 0.05) is 29.3 Å². The van der Waals surface area contributed by atoms with Crippen molar-refractivity contribution in [2.45, 2.75) is 52.7 Å². The van der Waals surface area contributed by atoms with Crippen molar-refractivity contribution in [1.82, 2.24) is 9.55 Å². The van der Waals surface area contributed by atoms with Gasteiger partial charge >= 0.3 is 0 Å². The van der Waals surface area contributed by atoms with E-state index in [1.807, 2.05) is 12.3 Å². The number of aliphatic hydroxyl groups is 1. The fraction of sp³-hybridized carbons (Fsp3) is 0.500. The summed E-state index contributed by atoms with van der Waals surface area (Å²) in [7, 11) is 0. The van der Waals surface area contributed by atoms with E-state index in [4.69, 9.17) is 0 Å². The molecular weight excluding hydrogens is 260 g/mol. The molecule has 0 fully saturated rings. The topological polar surface area (TPSA) is 38.0 Å². The molecule has 0 radical (unpaired) electrons. The molecule has 3 rings (SSSR count). The zero-order valence-electron chi connectivity index (χ0n) is 13.3. The molecule has 0 aliphatic heterocycles. The predicted octanol–water partition coefficient (Wildman–Crippen LogP) is 3.81. The smallest absolute Gasteiger partial charge is 0.0812 e. The van der Waals surface area contributed by atoms with Crippen molar-refractivity contribution in [1.29, 1.82) is 0 Å². The van der Waals surface area contributed by atoms with Crippen molar-refractivity contribution in [3.63, 3.8) is 0 Å². The van der Waals surface area contributed by atoms with Crippen molar-refractivity contribution in [3.8, 4) is 0 Å². The summed E-state index contributed by atoms with van der Waals surface area (Å²) in [6, 6.07) is 6.50. The van der Waals surface area contributed by atoms with Crippen molar-refractivity contribution in [2.24, 2.45) is 5.41 Å². The van der Waals surface area contributed by atoms with E-state index >= 15 is 0 Å². The molecule has 2 aromatic rings. The highest BCUT2D eigenvalue weighted by Crippen LogP contribution is 2.43. The van der Waals surface area contributed by atoms with Gasteiger partial charge in [0.25, 0.3) is 0 Å². The highest BCUT2D eigenvalue weighted by Gasteiger charge is 2.34. The molecule has 2 unspecified atom stereocenters. The monoisotopic (exact) mass is 284 g/mol. The maximum Gasteiger partial charge on any atom is 0.0812 e. The first kappa shape index (κ1) is 14.3. The average molecular weight is 284 g/mol. The molecule has 21 heavy (non-hydrogen) atoms. The van der Waals surface area contributed by atoms with E-state index in [1.165, 1.54) is 17.0 Å². The molecule has 0 amide bonds. The number of pyridine rings is 1. The Kier molecular flexibility index (Phi) is 3.40. The van der Waals surface area contributed by atoms with E-state index in [0.29, 0.717) is 0 Å². The van der Waals surface area contributed by atoms with Crippen LogP contribution in [0.1, 0.15) is 61.9 Å². The zero-order valence-corrected chi connectivity index (χ0v) is 13.3. The van der Waals surface area contributed by atoms with Crippen LogP contribution in [-0.4, -0.2) is 14.7 Å². The van der Waals surface area contributed by atoms with Crippen molar-refractivity contribution in [2.75, 3.05) is 0 Å². The molecular formula is C18H24N2O. The van der Waals surface area contributed by atoms with Gasteiger partial charge in [0.15, 0.2) is 0 Å². The van der Waals surface area contributed by atoms with Crippen LogP contribution in [0.2, 0.25) is 0 Å². The molecule has 0 saturated heterocycles. The van der Waals surface area contributed by atoms with Gasteiger partial charge in [-0.25, -0.2) is 0 Å². The van der Waals surface area contributed by atoms with E-state index in [9.17, 15) is 5.11 Å². The minimum Gasteiger partial charge on any atom is -0.388 e. The second-order valence-electron chi connectivity index (χ2n) is 7.08. The maximum atomic E-state index is 10.5. The minimum absolute atomic E-state index is 0.142. The second-order valence-corrected chi connectivity index (χ2v) is 7.08. The average Bonchev–Trinajstić information content (AvgIpc) is 2.74. The Bertz CT molecular complexity index is 643. The van der Waals surface area contributed by atoms with Crippen LogP contribution in [0.5, 0.6) is 0 Å². The summed E-state index contributed by atoms with van der Waals surface area (Å²) < 4.78 is 2.37. The van der Waals surface area contributed by atoms with E-state index in [-0.39, 0.29) is 17.6 Å². The van der Waals surface area contributed by atoms with Crippen LogP contribution in [-0.2, 0) is 6.42 Å². The highest BCUT2D eigenvalue weighted by atomic mass is 16.3. The standard InChI is InChI=1S/C18H24N2O/c1-12-8-15-16(9-18(3,4)10-17(15)21)20(12)13(2)14-6-5-7-19-11-14/h5-8,11,13,17,21H,9-10H2,1-4H3. The number of fused-ring (bicyclic) bond motifs is 1. The van der Waals surface area contributed by atoms with Crippen LogP contribution in [0, 0.1) is 12.3 Å². The van der Waals surface area contributed by atoms with E-state index in [1.54, 1.807) is 6.20 Å². The summed E-state index contributed by atoms with van der Waals surface area (Å²) in [6.07, 6.45) is 5.25. The number of nitrogens with zero attached hydrogens (tertiary/aromatic N) is 2. The number of aromatic nitrogens is 2. The molecule has 2 heterocycles. The highest BCUT2D eigenvalue weighted by molar-refractivity contribution is 5.35. The van der Waals surface area contributed by atoms with Gasteiger partial charge in [0.1, 0.15) is 0 Å². The molecule has 3 nitrogen and oxygen atoms in total. The summed E-state index contributed by atoms with van der Waals surface area (Å²) in [5.74, 6) is 0. The molecule has 1 N–H and O–H groups in total. The van der Waals surface area contributed by atoms with E-state index in [0.717, 1.165) is 18.4 Å². The van der Waals surface area contributed by atoms with E-state index in [2.05, 4.69) is 49.4 Å². The lowest BCUT2D eigenvalue weighted by molar-refractivity contribution is 0.0977. The molecule has 0 bridgehead atoms. The molecule has 1 aliphatic rings. The lowest BCUT2D eigenvalue weighted by Gasteiger charge is -2.35. The Balaban J connectivity index is 2.08. The minimum atomic E-state index is -0.343. The lowest BCUT2D eigenvalue weighted by atomic mass is 9.75. The molecule has 2 atom stereocenters. The van der Waals surface area contributed by atoms with Gasteiger partial charge in [-0.1, -0.05) is 19.9 Å². The fourth-order valence-electron chi connectivity index (χ4n) is 3.68. The molecule has 3 heteroatoms. The van der Waals surface area contributed by atoms with Gasteiger partial charge in [0.05, 0.1) is 12.1 Å². The van der Waals surface area contributed by atoms with Crippen molar-refractivity contribution < 1.29 is 5.11 Å². The molecule has 0 spiro atoms. The Morgan fingerprint density at radius 2 is 2.19 bits per heavy atom. The molecule has 112 valence electrons. The SMILES string of the molecule is Cc1cc2c(n1C(C)c1cccnc1)CC(C)(C)CC2O. The Hall–Kier alpha value is -1.61. The first-order valence-corrected chi connectivity index (χ1v) is 7.67. The second kappa shape index (κ2) is 4.99. The van der Waals surface area contributed by atoms with Crippen LogP contribution in [0.4, 0.5) is 0 Å². The summed E-state index contributed by atoms with van der Waals surface area (Å²) in [6.45, 7) is 8.81. The van der Waals surface area contributed by atoms with Crippen LogP contribution in [0.3, 0.4) is 0 Å². The summed E-state index contributed by atoms with van der Waals surface area (Å²) >= 11 is 0. The van der Waals surface area contributed by atoms with E-state index < -0.39 is 0 Å². The van der Waals surface area contributed by atoms with Gasteiger partial charge in [-0.15, -0.1) is 0 Å². The lowest BCUT2D eigenvalue weighted by Crippen LogP contribution is -2.27. The fourth-order valence-corrected chi connectivity index (χ4v) is 3.68. The first-order valence-electron chi connectivity index (χ1n) is 7.67. The van der Waals surface area contributed by atoms with Gasteiger partial charge < -0.3 is 9.67 Å². The number of hydrogen-bond acceptors (Lipinski definition) is 2. The summed E-state index contributed by atoms with van der Waals surface area (Å²) in [5, 5.41) is 10.5. The number of hydrogen-bond donors (Lipinski definition) is 1. The zero-order chi connectivity index (χ0) is 15.2. The van der Waals surface area contributed by atoms with Crippen molar-refractivity contribution in [3.05, 3.63) is 53.1 Å². The molecule has 0 aromatic carbocycles. The van der Waals surface area contributed by atoms with Crippen molar-refractivity contribution >= 4 is 0 Å². The third kappa shape index (κ3) is 2.51. The first-order chi connectivity index (χ1) is 9.89. The number of aryl methyl sites for hydroxylation is 1. The van der Waals surface area contributed by atoms with Gasteiger partial charge in [-0.3, -0.25) is 4.98 Å². The van der Waals surface area contributed by atoms with Crippen LogP contribution < -0.4 is 0 Å². The van der Waals surface area contributed by atoms with Gasteiger partial charge in [-0.05, 0) is 49.8 Å². The molecule has 1 aliphatic carbocycles. The third-order valence-corrected chi connectivity index (χ3v) is 4.67. The molecule has 0 saturated carbocycles. The number of aliphatic hydroxyl groups excluding tert-OH is 1. The quantitative estimate of drug-likeness (QED) is 0.910. The van der Waals surface area contributed by atoms with Crippen LogP contribution in [0.15, 0.2) is 30.6 Å². The van der Waals surface area contributed by atoms with Gasteiger partial charge in [0.2, 0.25) is 0 Å². The van der Waals surface area contributed by atoms with Crippen LogP contribution >= 0.6 is 0 Å². The Morgan fingerprint density at radius 1 is 1.43 bits per heavy atom. The Morgan fingerprint density at radius 3 is 2.86 bits per heavy atom. The summed E-state index contributed by atoms with van der Waals surface area (Å²) in [5.41, 5.74) is 4.96. The largest absolute Gasteiger partial charge is 0.388 e. The van der Waals surface area contributed by atoms with Gasteiger partial charge in [-0.2, -0.15) is 0 Å².